The Morgan fingerprint density at radius 1 is 0.943 bits per heavy atom. The first-order valence-electron chi connectivity index (χ1n) is 11.7. The van der Waals surface area contributed by atoms with Crippen molar-refractivity contribution in [3.05, 3.63) is 88.4 Å². The number of amides is 1. The standard InChI is InChI=1S/C27H31BrN2O4S/c1-3-17-30(18-4-2)35(32,33)24-13-11-23(12-14-24)29-27(31)22-10-15-26(25(28)20-22)34-19-16-21-8-6-5-7-9-21/h5-15,20H,3-4,16-19H2,1-2H3,(H,29,31). The summed E-state index contributed by atoms with van der Waals surface area (Å²) in [4.78, 5) is 13.0. The number of anilines is 1. The first-order chi connectivity index (χ1) is 16.8. The molecule has 3 rings (SSSR count). The minimum Gasteiger partial charge on any atom is -0.492 e. The highest BCUT2D eigenvalue weighted by atomic mass is 79.9. The van der Waals surface area contributed by atoms with Crippen molar-refractivity contribution in [1.29, 1.82) is 0 Å². The minimum absolute atomic E-state index is 0.220. The fourth-order valence-corrected chi connectivity index (χ4v) is 5.71. The molecule has 8 heteroatoms. The van der Waals surface area contributed by atoms with Gasteiger partial charge < -0.3 is 10.1 Å². The molecule has 0 aliphatic carbocycles. The van der Waals surface area contributed by atoms with Gasteiger partial charge in [0.05, 0.1) is 16.0 Å². The number of carbonyl (C=O) groups excluding carboxylic acids is 1. The summed E-state index contributed by atoms with van der Waals surface area (Å²) in [6.45, 7) is 5.40. The van der Waals surface area contributed by atoms with Crippen LogP contribution in [0.25, 0.3) is 0 Å². The Kier molecular flexibility index (Phi) is 9.89. The maximum Gasteiger partial charge on any atom is 0.255 e. The molecule has 0 spiro atoms. The SMILES string of the molecule is CCCN(CCC)S(=O)(=O)c1ccc(NC(=O)c2ccc(OCCc3ccccc3)c(Br)c2)cc1. The van der Waals surface area contributed by atoms with Gasteiger partial charge in [0.2, 0.25) is 10.0 Å². The van der Waals surface area contributed by atoms with Crippen LogP contribution >= 0.6 is 15.9 Å². The molecule has 0 aliphatic rings. The average Bonchev–Trinajstić information content (AvgIpc) is 2.86. The lowest BCUT2D eigenvalue weighted by atomic mass is 10.1. The Bertz CT molecular complexity index is 1210. The molecule has 0 saturated carbocycles. The molecule has 0 fully saturated rings. The van der Waals surface area contributed by atoms with Gasteiger partial charge in [0, 0.05) is 30.8 Å². The van der Waals surface area contributed by atoms with Crippen molar-refractivity contribution >= 4 is 37.5 Å². The summed E-state index contributed by atoms with van der Waals surface area (Å²) in [5, 5.41) is 2.82. The summed E-state index contributed by atoms with van der Waals surface area (Å²) in [5.41, 5.74) is 2.17. The third-order valence-corrected chi connectivity index (χ3v) is 7.91. The van der Waals surface area contributed by atoms with E-state index >= 15 is 0 Å². The number of carbonyl (C=O) groups is 1. The van der Waals surface area contributed by atoms with Gasteiger partial charge in [0.1, 0.15) is 5.75 Å². The topological polar surface area (TPSA) is 75.7 Å². The number of hydrogen-bond donors (Lipinski definition) is 1. The normalized spacial score (nSPS) is 11.4. The summed E-state index contributed by atoms with van der Waals surface area (Å²) < 4.78 is 33.9. The van der Waals surface area contributed by atoms with Crippen LogP contribution in [0.1, 0.15) is 42.6 Å². The summed E-state index contributed by atoms with van der Waals surface area (Å²) >= 11 is 3.48. The number of nitrogens with zero attached hydrogens (tertiary/aromatic N) is 1. The van der Waals surface area contributed by atoms with Gasteiger partial charge in [0.15, 0.2) is 0 Å². The van der Waals surface area contributed by atoms with Gasteiger partial charge in [-0.1, -0.05) is 44.2 Å². The van der Waals surface area contributed by atoms with E-state index in [1.165, 1.54) is 22.0 Å². The quantitative estimate of drug-likeness (QED) is 0.290. The van der Waals surface area contributed by atoms with Crippen LogP contribution in [-0.4, -0.2) is 38.3 Å². The van der Waals surface area contributed by atoms with Crippen molar-refractivity contribution in [3.8, 4) is 5.75 Å². The zero-order valence-electron chi connectivity index (χ0n) is 20.0. The summed E-state index contributed by atoms with van der Waals surface area (Å²) in [6, 6.07) is 21.5. The van der Waals surface area contributed by atoms with Gasteiger partial charge >= 0.3 is 0 Å². The minimum atomic E-state index is -3.56. The molecule has 0 radical (unpaired) electrons. The second-order valence-corrected chi connectivity index (χ2v) is 10.9. The number of rotatable bonds is 12. The van der Waals surface area contributed by atoms with Crippen molar-refractivity contribution in [2.24, 2.45) is 0 Å². The largest absolute Gasteiger partial charge is 0.492 e. The van der Waals surface area contributed by atoms with Gasteiger partial charge in [-0.15, -0.1) is 0 Å². The highest BCUT2D eigenvalue weighted by Crippen LogP contribution is 2.27. The Morgan fingerprint density at radius 2 is 1.60 bits per heavy atom. The first-order valence-corrected chi connectivity index (χ1v) is 14.0. The van der Waals surface area contributed by atoms with Crippen LogP contribution in [0.4, 0.5) is 5.69 Å². The lowest BCUT2D eigenvalue weighted by molar-refractivity contribution is 0.102. The lowest BCUT2D eigenvalue weighted by Gasteiger charge is -2.21. The first kappa shape index (κ1) is 26.9. The van der Waals surface area contributed by atoms with E-state index in [9.17, 15) is 13.2 Å². The predicted molar refractivity (Wildman–Crippen MR) is 144 cm³/mol. The van der Waals surface area contributed by atoms with Gasteiger partial charge in [-0.3, -0.25) is 4.79 Å². The molecule has 186 valence electrons. The summed E-state index contributed by atoms with van der Waals surface area (Å²) in [6.07, 6.45) is 2.29. The molecule has 0 unspecified atom stereocenters. The van der Waals surface area contributed by atoms with Gasteiger partial charge in [0.25, 0.3) is 5.91 Å². The highest BCUT2D eigenvalue weighted by Gasteiger charge is 2.23. The molecule has 0 bridgehead atoms. The van der Waals surface area contributed by atoms with Crippen LogP contribution in [0.15, 0.2) is 82.2 Å². The molecule has 1 amide bonds. The lowest BCUT2D eigenvalue weighted by Crippen LogP contribution is -2.32. The number of nitrogens with one attached hydrogen (secondary N) is 1. The second kappa shape index (κ2) is 12.9. The predicted octanol–water partition coefficient (Wildman–Crippen LogP) is 6.13. The van der Waals surface area contributed by atoms with Crippen molar-refractivity contribution < 1.29 is 17.9 Å². The molecule has 0 saturated heterocycles. The molecule has 3 aromatic rings. The van der Waals surface area contributed by atoms with Crippen molar-refractivity contribution in [2.75, 3.05) is 25.0 Å². The average molecular weight is 560 g/mol. The molecule has 1 N–H and O–H groups in total. The zero-order chi connectivity index (χ0) is 25.3. The highest BCUT2D eigenvalue weighted by molar-refractivity contribution is 9.10. The number of ether oxygens (including phenoxy) is 1. The number of halogens is 1. The summed E-state index contributed by atoms with van der Waals surface area (Å²) in [5.74, 6) is 0.367. The third kappa shape index (κ3) is 7.40. The van der Waals surface area contributed by atoms with Crippen LogP contribution in [0.3, 0.4) is 0 Å². The number of sulfonamides is 1. The van der Waals surface area contributed by atoms with E-state index in [1.54, 1.807) is 30.3 Å². The van der Waals surface area contributed by atoms with E-state index in [1.807, 2.05) is 32.0 Å². The molecule has 0 atom stereocenters. The summed E-state index contributed by atoms with van der Waals surface area (Å²) in [7, 11) is -3.56. The van der Waals surface area contributed by atoms with Gasteiger partial charge in [-0.25, -0.2) is 8.42 Å². The van der Waals surface area contributed by atoms with Crippen molar-refractivity contribution in [1.82, 2.24) is 4.31 Å². The van der Waals surface area contributed by atoms with Crippen molar-refractivity contribution in [3.63, 3.8) is 0 Å². The van der Waals surface area contributed by atoms with Gasteiger partial charge in [-0.05, 0) is 76.8 Å². The molecule has 0 aromatic heterocycles. The van der Waals surface area contributed by atoms with Crippen LogP contribution in [0.2, 0.25) is 0 Å². The van der Waals surface area contributed by atoms with E-state index in [-0.39, 0.29) is 10.8 Å². The molecule has 0 aliphatic heterocycles. The Hall–Kier alpha value is -2.68. The van der Waals surface area contributed by atoms with E-state index in [0.29, 0.717) is 41.2 Å². The van der Waals surface area contributed by atoms with Crippen LogP contribution in [0, 0.1) is 0 Å². The number of hydrogen-bond acceptors (Lipinski definition) is 4. The molecule has 0 heterocycles. The molecular formula is C27H31BrN2O4S. The number of benzene rings is 3. The smallest absolute Gasteiger partial charge is 0.255 e. The maximum atomic E-state index is 12.9. The molecule has 3 aromatic carbocycles. The van der Waals surface area contributed by atoms with Crippen LogP contribution in [-0.2, 0) is 16.4 Å². The maximum absolute atomic E-state index is 12.9. The van der Waals surface area contributed by atoms with E-state index in [2.05, 4.69) is 33.4 Å². The van der Waals surface area contributed by atoms with Gasteiger partial charge in [-0.2, -0.15) is 4.31 Å². The fraction of sp³-hybridized carbons (Fsp3) is 0.296. The zero-order valence-corrected chi connectivity index (χ0v) is 22.4. The Labute approximate surface area is 216 Å². The van der Waals surface area contributed by atoms with E-state index < -0.39 is 10.0 Å². The van der Waals surface area contributed by atoms with E-state index in [0.717, 1.165) is 19.3 Å². The van der Waals surface area contributed by atoms with Crippen molar-refractivity contribution in [2.45, 2.75) is 38.0 Å². The monoisotopic (exact) mass is 558 g/mol. The molecule has 6 nitrogen and oxygen atoms in total. The van der Waals surface area contributed by atoms with Crippen LogP contribution < -0.4 is 10.1 Å². The Balaban J connectivity index is 1.61. The molecular weight excluding hydrogens is 528 g/mol. The Morgan fingerprint density at radius 3 is 2.20 bits per heavy atom. The molecule has 35 heavy (non-hydrogen) atoms. The van der Waals surface area contributed by atoms with Crippen LogP contribution in [0.5, 0.6) is 5.75 Å². The third-order valence-electron chi connectivity index (χ3n) is 5.38. The second-order valence-electron chi connectivity index (χ2n) is 8.11. The van der Waals surface area contributed by atoms with E-state index in [4.69, 9.17) is 4.74 Å². The fourth-order valence-electron chi connectivity index (χ4n) is 3.60.